The summed E-state index contributed by atoms with van der Waals surface area (Å²) in [5.41, 5.74) is 1.93. The lowest BCUT2D eigenvalue weighted by atomic mass is 10.0. The number of non-ortho nitro benzene ring substituents is 1. The molecule has 0 unspecified atom stereocenters. The minimum absolute atomic E-state index is 0.103. The Morgan fingerprint density at radius 2 is 1.64 bits per heavy atom. The molecular formula is C23H29N7O3. The molecule has 10 nitrogen and oxygen atoms in total. The van der Waals surface area contributed by atoms with Crippen molar-refractivity contribution in [3.05, 3.63) is 70.0 Å². The molecule has 1 aliphatic rings. The van der Waals surface area contributed by atoms with E-state index in [9.17, 15) is 10.1 Å². The van der Waals surface area contributed by atoms with Crippen LogP contribution in [0.25, 0.3) is 0 Å². The number of aromatic nitrogens is 4. The third-order valence-corrected chi connectivity index (χ3v) is 5.91. The number of piperazine rings is 1. The van der Waals surface area contributed by atoms with E-state index in [1.54, 1.807) is 19.2 Å². The fourth-order valence-electron chi connectivity index (χ4n) is 4.18. The van der Waals surface area contributed by atoms with Crippen molar-refractivity contribution in [3.63, 3.8) is 0 Å². The van der Waals surface area contributed by atoms with Crippen molar-refractivity contribution in [3.8, 4) is 5.75 Å². The van der Waals surface area contributed by atoms with Crippen LogP contribution in [0.1, 0.15) is 38.2 Å². The zero-order chi connectivity index (χ0) is 23.6. The molecule has 1 atom stereocenters. The summed E-state index contributed by atoms with van der Waals surface area (Å²) in [5.74, 6) is 1.60. The van der Waals surface area contributed by atoms with E-state index in [1.807, 2.05) is 28.9 Å². The molecule has 1 aliphatic heterocycles. The molecule has 33 heavy (non-hydrogen) atoms. The summed E-state index contributed by atoms with van der Waals surface area (Å²) in [6, 6.07) is 14.7. The Kier molecular flexibility index (Phi) is 6.28. The fourth-order valence-corrected chi connectivity index (χ4v) is 4.18. The van der Waals surface area contributed by atoms with Crippen molar-refractivity contribution in [1.82, 2.24) is 25.1 Å². The van der Waals surface area contributed by atoms with Gasteiger partial charge in [0, 0.05) is 44.0 Å². The highest BCUT2D eigenvalue weighted by Crippen LogP contribution is 2.32. The SMILES string of the molecule is COc1ccc([C@@H](c2nnnn2C(C)(C)C)N2CCN(c3ccc([N+](=O)[O-])cc3)CC2)cc1. The largest absolute Gasteiger partial charge is 0.497 e. The number of benzene rings is 2. The highest BCUT2D eigenvalue weighted by Gasteiger charge is 2.33. The van der Waals surface area contributed by atoms with Gasteiger partial charge < -0.3 is 9.64 Å². The van der Waals surface area contributed by atoms with Gasteiger partial charge in [0.15, 0.2) is 5.82 Å². The van der Waals surface area contributed by atoms with Gasteiger partial charge >= 0.3 is 0 Å². The summed E-state index contributed by atoms with van der Waals surface area (Å²) >= 11 is 0. The first-order chi connectivity index (χ1) is 15.8. The van der Waals surface area contributed by atoms with Gasteiger partial charge in [-0.25, -0.2) is 4.68 Å². The van der Waals surface area contributed by atoms with Crippen LogP contribution in [0.5, 0.6) is 5.75 Å². The summed E-state index contributed by atoms with van der Waals surface area (Å²) in [5, 5.41) is 23.7. The van der Waals surface area contributed by atoms with Crippen molar-refractivity contribution in [2.24, 2.45) is 0 Å². The van der Waals surface area contributed by atoms with E-state index in [4.69, 9.17) is 4.74 Å². The summed E-state index contributed by atoms with van der Waals surface area (Å²) in [7, 11) is 1.66. The average molecular weight is 452 g/mol. The molecule has 0 aliphatic carbocycles. The molecule has 0 N–H and O–H groups in total. The third kappa shape index (κ3) is 4.80. The summed E-state index contributed by atoms with van der Waals surface area (Å²) in [6.45, 7) is 9.44. The van der Waals surface area contributed by atoms with Crippen molar-refractivity contribution in [2.75, 3.05) is 38.2 Å². The van der Waals surface area contributed by atoms with Crippen LogP contribution in [-0.2, 0) is 5.54 Å². The van der Waals surface area contributed by atoms with Crippen molar-refractivity contribution in [1.29, 1.82) is 0 Å². The van der Waals surface area contributed by atoms with E-state index >= 15 is 0 Å². The molecule has 0 bridgehead atoms. The number of nitro groups is 1. The second-order valence-corrected chi connectivity index (χ2v) is 9.09. The number of rotatable bonds is 6. The van der Waals surface area contributed by atoms with Crippen LogP contribution in [0.4, 0.5) is 11.4 Å². The minimum Gasteiger partial charge on any atom is -0.497 e. The Hall–Kier alpha value is -3.53. The molecule has 0 spiro atoms. The van der Waals surface area contributed by atoms with Gasteiger partial charge in [0.05, 0.1) is 23.6 Å². The number of anilines is 1. The Labute approximate surface area is 192 Å². The standard InChI is InChI=1S/C23H29N7O3/c1-23(2,3)29-22(24-25-26-29)21(17-5-11-20(33-4)12-6-17)28-15-13-27(14-16-28)18-7-9-19(10-8-18)30(31)32/h5-12,21H,13-16H2,1-4H3/t21-/m0/s1. The number of nitro benzene ring substituents is 1. The zero-order valence-electron chi connectivity index (χ0n) is 19.4. The lowest BCUT2D eigenvalue weighted by Crippen LogP contribution is -2.48. The number of ether oxygens (including phenoxy) is 1. The van der Waals surface area contributed by atoms with Crippen molar-refractivity contribution >= 4 is 11.4 Å². The van der Waals surface area contributed by atoms with E-state index in [1.165, 1.54) is 0 Å². The topological polar surface area (TPSA) is 102 Å². The molecule has 1 saturated heterocycles. The zero-order valence-corrected chi connectivity index (χ0v) is 19.4. The van der Waals surface area contributed by atoms with Crippen molar-refractivity contribution < 1.29 is 9.66 Å². The molecule has 0 amide bonds. The minimum atomic E-state index is -0.374. The Morgan fingerprint density at radius 1 is 1.00 bits per heavy atom. The normalized spacial score (nSPS) is 15.9. The lowest BCUT2D eigenvalue weighted by molar-refractivity contribution is -0.384. The maximum absolute atomic E-state index is 11.0. The maximum Gasteiger partial charge on any atom is 0.269 e. The van der Waals surface area contributed by atoms with Crippen LogP contribution in [0.2, 0.25) is 0 Å². The summed E-state index contributed by atoms with van der Waals surface area (Å²) < 4.78 is 7.23. The predicted octanol–water partition coefficient (Wildman–Crippen LogP) is 3.26. The molecule has 1 aromatic heterocycles. The first-order valence-corrected chi connectivity index (χ1v) is 10.9. The van der Waals surface area contributed by atoms with Gasteiger partial charge in [-0.3, -0.25) is 15.0 Å². The van der Waals surface area contributed by atoms with Crippen LogP contribution in [0.15, 0.2) is 48.5 Å². The number of hydrogen-bond donors (Lipinski definition) is 0. The van der Waals surface area contributed by atoms with E-state index in [0.717, 1.165) is 49.0 Å². The molecule has 4 rings (SSSR count). The molecule has 2 aromatic carbocycles. The van der Waals surface area contributed by atoms with Gasteiger partial charge in [0.2, 0.25) is 0 Å². The van der Waals surface area contributed by atoms with Gasteiger partial charge in [-0.2, -0.15) is 0 Å². The smallest absolute Gasteiger partial charge is 0.269 e. The highest BCUT2D eigenvalue weighted by atomic mass is 16.6. The summed E-state index contributed by atoms with van der Waals surface area (Å²) in [4.78, 5) is 15.2. The van der Waals surface area contributed by atoms with Crippen LogP contribution in [-0.4, -0.2) is 63.3 Å². The Bertz CT molecular complexity index is 1080. The van der Waals surface area contributed by atoms with Gasteiger partial charge in [0.25, 0.3) is 5.69 Å². The van der Waals surface area contributed by atoms with Gasteiger partial charge in [-0.05, 0) is 61.0 Å². The quantitative estimate of drug-likeness (QED) is 0.416. The number of hydrogen-bond acceptors (Lipinski definition) is 8. The Morgan fingerprint density at radius 3 is 2.18 bits per heavy atom. The molecule has 3 aromatic rings. The Balaban J connectivity index is 1.59. The monoisotopic (exact) mass is 451 g/mol. The van der Waals surface area contributed by atoms with Crippen LogP contribution in [0.3, 0.4) is 0 Å². The van der Waals surface area contributed by atoms with Crippen LogP contribution < -0.4 is 9.64 Å². The first kappa shape index (κ1) is 22.7. The molecule has 10 heteroatoms. The summed E-state index contributed by atoms with van der Waals surface area (Å²) in [6.07, 6.45) is 0. The van der Waals surface area contributed by atoms with E-state index in [2.05, 4.69) is 58.2 Å². The molecule has 0 saturated carbocycles. The first-order valence-electron chi connectivity index (χ1n) is 10.9. The molecule has 0 radical (unpaired) electrons. The van der Waals surface area contributed by atoms with Gasteiger partial charge in [0.1, 0.15) is 5.75 Å². The average Bonchev–Trinajstić information content (AvgIpc) is 3.30. The second-order valence-electron chi connectivity index (χ2n) is 9.09. The van der Waals surface area contributed by atoms with Gasteiger partial charge in [-0.15, -0.1) is 5.10 Å². The third-order valence-electron chi connectivity index (χ3n) is 5.91. The van der Waals surface area contributed by atoms with Crippen molar-refractivity contribution in [2.45, 2.75) is 32.4 Å². The number of methoxy groups -OCH3 is 1. The lowest BCUT2D eigenvalue weighted by Gasteiger charge is -2.40. The van der Waals surface area contributed by atoms with E-state index < -0.39 is 0 Å². The molecule has 174 valence electrons. The molecule has 1 fully saturated rings. The predicted molar refractivity (Wildman–Crippen MR) is 125 cm³/mol. The highest BCUT2D eigenvalue weighted by molar-refractivity contribution is 5.51. The maximum atomic E-state index is 11.0. The molecular weight excluding hydrogens is 422 g/mol. The van der Waals surface area contributed by atoms with Crippen LogP contribution >= 0.6 is 0 Å². The fraction of sp³-hybridized carbons (Fsp3) is 0.435. The van der Waals surface area contributed by atoms with Gasteiger partial charge in [-0.1, -0.05) is 12.1 Å². The van der Waals surface area contributed by atoms with Crippen LogP contribution in [0, 0.1) is 10.1 Å². The number of tetrazole rings is 1. The second kappa shape index (κ2) is 9.14. The van der Waals surface area contributed by atoms with E-state index in [0.29, 0.717) is 0 Å². The van der Waals surface area contributed by atoms with E-state index in [-0.39, 0.29) is 22.2 Å². The molecule has 2 heterocycles. The number of nitrogens with zero attached hydrogens (tertiary/aromatic N) is 7.